The number of allylic oxidation sites excluding steroid dienone is 4. The summed E-state index contributed by atoms with van der Waals surface area (Å²) in [7, 11) is 1.25. The SMILES string of the molecule is CC1=C([SiH3])CC=C1. The Morgan fingerprint density at radius 2 is 2.43 bits per heavy atom. The van der Waals surface area contributed by atoms with Crippen LogP contribution in [0.4, 0.5) is 0 Å². The predicted octanol–water partition coefficient (Wildman–Crippen LogP) is 0.586. The maximum absolute atomic E-state index is 2.23. The first-order valence-electron chi connectivity index (χ1n) is 2.63. The van der Waals surface area contributed by atoms with Crippen LogP contribution in [0.5, 0.6) is 0 Å². The molecule has 0 fully saturated rings. The van der Waals surface area contributed by atoms with Crippen LogP contribution in [0.1, 0.15) is 13.3 Å². The Bertz CT molecular complexity index is 131. The van der Waals surface area contributed by atoms with Crippen molar-refractivity contribution >= 4 is 10.2 Å². The summed E-state index contributed by atoms with van der Waals surface area (Å²) in [6, 6.07) is 0. The van der Waals surface area contributed by atoms with Crippen LogP contribution in [-0.4, -0.2) is 10.2 Å². The van der Waals surface area contributed by atoms with Gasteiger partial charge in [0.05, 0.1) is 0 Å². The summed E-state index contributed by atoms with van der Waals surface area (Å²) in [6.45, 7) is 2.19. The van der Waals surface area contributed by atoms with Crippen molar-refractivity contribution in [2.24, 2.45) is 0 Å². The van der Waals surface area contributed by atoms with Crippen LogP contribution in [0.15, 0.2) is 22.9 Å². The van der Waals surface area contributed by atoms with E-state index in [9.17, 15) is 0 Å². The van der Waals surface area contributed by atoms with E-state index in [4.69, 9.17) is 0 Å². The fraction of sp³-hybridized carbons (Fsp3) is 0.333. The van der Waals surface area contributed by atoms with Crippen molar-refractivity contribution in [3.63, 3.8) is 0 Å². The van der Waals surface area contributed by atoms with Crippen molar-refractivity contribution in [1.82, 2.24) is 0 Å². The molecule has 0 nitrogen and oxygen atoms in total. The molecule has 0 saturated carbocycles. The molecule has 0 bridgehead atoms. The van der Waals surface area contributed by atoms with Gasteiger partial charge in [0.1, 0.15) is 0 Å². The van der Waals surface area contributed by atoms with Gasteiger partial charge in [-0.2, -0.15) is 0 Å². The van der Waals surface area contributed by atoms with E-state index in [1.54, 1.807) is 5.20 Å². The normalized spacial score (nSPS) is 19.6. The van der Waals surface area contributed by atoms with Crippen LogP contribution in [-0.2, 0) is 0 Å². The molecule has 7 heavy (non-hydrogen) atoms. The van der Waals surface area contributed by atoms with Crippen LogP contribution >= 0.6 is 0 Å². The first-order valence-corrected chi connectivity index (χ1v) is 3.63. The molecule has 0 spiro atoms. The Hall–Kier alpha value is -0.303. The largest absolute Gasteiger partial charge is 0.0852 e. The average Bonchev–Trinajstić information content (AvgIpc) is 1.91. The molecule has 0 aromatic heterocycles. The van der Waals surface area contributed by atoms with Gasteiger partial charge in [-0.15, -0.1) is 0 Å². The van der Waals surface area contributed by atoms with E-state index >= 15 is 0 Å². The second-order valence-corrected chi connectivity index (χ2v) is 3.28. The summed E-state index contributed by atoms with van der Waals surface area (Å²) in [6.07, 6.45) is 5.68. The van der Waals surface area contributed by atoms with Gasteiger partial charge in [-0.25, -0.2) is 0 Å². The zero-order chi connectivity index (χ0) is 5.28. The standard InChI is InChI=1S/C6H10Si/c1-5-3-2-4-6(5)7/h2-3H,4H2,1,7H3. The van der Waals surface area contributed by atoms with Gasteiger partial charge in [-0.05, 0) is 13.3 Å². The summed E-state index contributed by atoms with van der Waals surface area (Å²) in [4.78, 5) is 0. The van der Waals surface area contributed by atoms with E-state index in [1.807, 2.05) is 0 Å². The molecule has 1 rings (SSSR count). The summed E-state index contributed by atoms with van der Waals surface area (Å²) >= 11 is 0. The van der Waals surface area contributed by atoms with Crippen LogP contribution in [0, 0.1) is 0 Å². The minimum Gasteiger partial charge on any atom is -0.0852 e. The molecular weight excluding hydrogens is 100 g/mol. The molecule has 1 heteroatoms. The topological polar surface area (TPSA) is 0 Å². The van der Waals surface area contributed by atoms with Crippen molar-refractivity contribution in [2.45, 2.75) is 13.3 Å². The highest BCUT2D eigenvalue weighted by Crippen LogP contribution is 2.13. The lowest BCUT2D eigenvalue weighted by Gasteiger charge is -1.87. The summed E-state index contributed by atoms with van der Waals surface area (Å²) in [5.41, 5.74) is 1.51. The molecule has 1 aliphatic rings. The van der Waals surface area contributed by atoms with Crippen molar-refractivity contribution in [1.29, 1.82) is 0 Å². The Labute approximate surface area is 47.3 Å². The lowest BCUT2D eigenvalue weighted by Crippen LogP contribution is -1.75. The van der Waals surface area contributed by atoms with Gasteiger partial charge in [0, 0.05) is 10.2 Å². The molecular formula is C6H10Si. The van der Waals surface area contributed by atoms with Gasteiger partial charge < -0.3 is 0 Å². The van der Waals surface area contributed by atoms with Gasteiger partial charge in [0.2, 0.25) is 0 Å². The third kappa shape index (κ3) is 0.828. The molecule has 38 valence electrons. The van der Waals surface area contributed by atoms with Crippen molar-refractivity contribution < 1.29 is 0 Å². The van der Waals surface area contributed by atoms with Gasteiger partial charge in [-0.1, -0.05) is 22.9 Å². The molecule has 0 aliphatic heterocycles. The Balaban J connectivity index is 2.79. The van der Waals surface area contributed by atoms with E-state index < -0.39 is 0 Å². The third-order valence-corrected chi connectivity index (χ3v) is 2.66. The molecule has 0 atom stereocenters. The lowest BCUT2D eigenvalue weighted by molar-refractivity contribution is 1.37. The zero-order valence-electron chi connectivity index (χ0n) is 4.86. The maximum Gasteiger partial charge on any atom is 0.0340 e. The first kappa shape index (κ1) is 4.85. The monoisotopic (exact) mass is 110 g/mol. The highest BCUT2D eigenvalue weighted by Gasteiger charge is 1.95. The van der Waals surface area contributed by atoms with Crippen LogP contribution in [0.25, 0.3) is 0 Å². The highest BCUT2D eigenvalue weighted by atomic mass is 28.1. The maximum atomic E-state index is 2.23. The molecule has 0 radical (unpaired) electrons. The van der Waals surface area contributed by atoms with Crippen LogP contribution < -0.4 is 0 Å². The zero-order valence-corrected chi connectivity index (χ0v) is 6.86. The molecule has 0 aromatic carbocycles. The van der Waals surface area contributed by atoms with E-state index in [1.165, 1.54) is 22.2 Å². The fourth-order valence-corrected chi connectivity index (χ4v) is 1.12. The van der Waals surface area contributed by atoms with Gasteiger partial charge in [0.25, 0.3) is 0 Å². The summed E-state index contributed by atoms with van der Waals surface area (Å²) in [5, 5.41) is 1.65. The summed E-state index contributed by atoms with van der Waals surface area (Å²) < 4.78 is 0. The second kappa shape index (κ2) is 1.66. The van der Waals surface area contributed by atoms with Crippen molar-refractivity contribution in [3.8, 4) is 0 Å². The van der Waals surface area contributed by atoms with Gasteiger partial charge in [-0.3, -0.25) is 0 Å². The van der Waals surface area contributed by atoms with Crippen molar-refractivity contribution in [2.75, 3.05) is 0 Å². The molecule has 0 N–H and O–H groups in total. The molecule has 0 saturated heterocycles. The molecule has 1 aliphatic carbocycles. The molecule has 0 aromatic rings. The lowest BCUT2D eigenvalue weighted by atomic mass is 10.3. The third-order valence-electron chi connectivity index (χ3n) is 1.47. The number of rotatable bonds is 0. The molecule has 0 amide bonds. The highest BCUT2D eigenvalue weighted by molar-refractivity contribution is 6.22. The Morgan fingerprint density at radius 1 is 1.71 bits per heavy atom. The molecule has 0 heterocycles. The van der Waals surface area contributed by atoms with E-state index in [0.717, 1.165) is 0 Å². The average molecular weight is 110 g/mol. The van der Waals surface area contributed by atoms with Crippen LogP contribution in [0.3, 0.4) is 0 Å². The van der Waals surface area contributed by atoms with Crippen molar-refractivity contribution in [3.05, 3.63) is 22.9 Å². The first-order chi connectivity index (χ1) is 3.30. The van der Waals surface area contributed by atoms with Gasteiger partial charge >= 0.3 is 0 Å². The number of hydrogen-bond acceptors (Lipinski definition) is 0. The fourth-order valence-electron chi connectivity index (χ4n) is 0.716. The quantitative estimate of drug-likeness (QED) is 0.400. The van der Waals surface area contributed by atoms with E-state index in [-0.39, 0.29) is 0 Å². The summed E-state index contributed by atoms with van der Waals surface area (Å²) in [5.74, 6) is 0. The minimum atomic E-state index is 1.23. The number of hydrogen-bond donors (Lipinski definition) is 0. The minimum absolute atomic E-state index is 1.23. The predicted molar refractivity (Wildman–Crippen MR) is 36.4 cm³/mol. The second-order valence-electron chi connectivity index (χ2n) is 2.07. The Kier molecular flexibility index (Phi) is 1.15. The molecule has 0 unspecified atom stereocenters. The smallest absolute Gasteiger partial charge is 0.0340 e. The Morgan fingerprint density at radius 3 is 2.57 bits per heavy atom. The van der Waals surface area contributed by atoms with Crippen LogP contribution in [0.2, 0.25) is 0 Å². The van der Waals surface area contributed by atoms with Gasteiger partial charge in [0.15, 0.2) is 0 Å². The van der Waals surface area contributed by atoms with E-state index in [0.29, 0.717) is 0 Å². The van der Waals surface area contributed by atoms with E-state index in [2.05, 4.69) is 19.1 Å².